The van der Waals surface area contributed by atoms with Crippen molar-refractivity contribution in [1.82, 2.24) is 9.78 Å². The summed E-state index contributed by atoms with van der Waals surface area (Å²) in [5, 5.41) is 7.48. The number of nitrogens with two attached hydrogens (primary N) is 1. The summed E-state index contributed by atoms with van der Waals surface area (Å²) in [7, 11) is 0. The van der Waals surface area contributed by atoms with E-state index < -0.39 is 0 Å². The molecule has 0 radical (unpaired) electrons. The quantitative estimate of drug-likeness (QED) is 0.912. The predicted octanol–water partition coefficient (Wildman–Crippen LogP) is 2.80. The monoisotopic (exact) mass is 322 g/mol. The number of carbonyl (C=O) groups is 1. The van der Waals surface area contributed by atoms with Crippen molar-refractivity contribution in [1.29, 1.82) is 0 Å². The van der Waals surface area contributed by atoms with Crippen molar-refractivity contribution in [2.24, 2.45) is 5.73 Å². The van der Waals surface area contributed by atoms with Gasteiger partial charge in [0.1, 0.15) is 5.82 Å². The van der Waals surface area contributed by atoms with Crippen LogP contribution in [0.2, 0.25) is 0 Å². The number of rotatable bonds is 3. The molecule has 0 bridgehead atoms. The maximum atomic E-state index is 11.6. The Morgan fingerprint density at radius 2 is 1.95 bits per heavy atom. The normalized spacial score (nSPS) is 11.0. The van der Waals surface area contributed by atoms with E-state index in [0.717, 1.165) is 16.9 Å². The van der Waals surface area contributed by atoms with Crippen molar-refractivity contribution in [2.75, 3.05) is 11.9 Å². The summed E-state index contributed by atoms with van der Waals surface area (Å²) in [6.07, 6.45) is 0. The van der Waals surface area contributed by atoms with Crippen molar-refractivity contribution in [3.63, 3.8) is 0 Å². The molecule has 0 fully saturated rings. The lowest BCUT2D eigenvalue weighted by Gasteiger charge is -2.14. The number of nitrogens with zero attached hydrogens (tertiary/aromatic N) is 2. The second-order valence-electron chi connectivity index (χ2n) is 6.12. The molecule has 1 heterocycles. The Morgan fingerprint density at radius 3 is 2.50 bits per heavy atom. The van der Waals surface area contributed by atoms with Crippen molar-refractivity contribution < 1.29 is 4.79 Å². The van der Waals surface area contributed by atoms with Gasteiger partial charge in [0.15, 0.2) is 0 Å². The third-order valence-corrected chi connectivity index (χ3v) is 3.27. The minimum atomic E-state index is -0.231. The number of para-hydroxylation sites is 1. The summed E-state index contributed by atoms with van der Waals surface area (Å²) in [4.78, 5) is 11.6. The van der Waals surface area contributed by atoms with Crippen LogP contribution in [-0.2, 0) is 10.2 Å². The van der Waals surface area contributed by atoms with Crippen LogP contribution in [0.1, 0.15) is 32.0 Å². The number of benzene rings is 1. The average Bonchev–Trinajstić information content (AvgIpc) is 2.83. The molecule has 1 aromatic carbocycles. The standard InChI is InChI=1S/C16H22N4O.ClH/c1-11-7-5-6-8-12(11)20-14(18-15(21)10-17)9-13(19-20)16(2,3)4;/h5-9H,10,17H2,1-4H3,(H,18,21);1H. The minimum Gasteiger partial charge on any atom is -0.322 e. The van der Waals surface area contributed by atoms with Gasteiger partial charge in [-0.3, -0.25) is 4.79 Å². The third kappa shape index (κ3) is 3.87. The van der Waals surface area contributed by atoms with Crippen molar-refractivity contribution in [3.05, 3.63) is 41.6 Å². The van der Waals surface area contributed by atoms with E-state index in [1.807, 2.05) is 37.3 Å². The van der Waals surface area contributed by atoms with Crippen LogP contribution in [-0.4, -0.2) is 22.2 Å². The molecule has 1 amide bonds. The molecule has 120 valence electrons. The van der Waals surface area contributed by atoms with E-state index >= 15 is 0 Å². The summed E-state index contributed by atoms with van der Waals surface area (Å²) >= 11 is 0. The molecule has 0 atom stereocenters. The second kappa shape index (κ2) is 6.94. The highest BCUT2D eigenvalue weighted by Crippen LogP contribution is 2.27. The fraction of sp³-hybridized carbons (Fsp3) is 0.375. The van der Waals surface area contributed by atoms with Crippen molar-refractivity contribution in [2.45, 2.75) is 33.1 Å². The average molecular weight is 323 g/mol. The molecule has 0 aliphatic heterocycles. The first-order valence-corrected chi connectivity index (χ1v) is 6.99. The molecule has 22 heavy (non-hydrogen) atoms. The molecule has 5 nitrogen and oxygen atoms in total. The Labute approximate surface area is 137 Å². The molecule has 0 spiro atoms. The SMILES string of the molecule is Cc1ccccc1-n1nc(C(C)(C)C)cc1NC(=O)CN.Cl. The van der Waals surface area contributed by atoms with E-state index in [1.54, 1.807) is 4.68 Å². The Kier molecular flexibility index (Phi) is 5.74. The highest BCUT2D eigenvalue weighted by molar-refractivity contribution is 5.91. The topological polar surface area (TPSA) is 72.9 Å². The summed E-state index contributed by atoms with van der Waals surface area (Å²) < 4.78 is 1.77. The van der Waals surface area contributed by atoms with Crippen LogP contribution in [0.5, 0.6) is 0 Å². The fourth-order valence-electron chi connectivity index (χ4n) is 2.02. The Morgan fingerprint density at radius 1 is 1.32 bits per heavy atom. The Balaban J connectivity index is 0.00000242. The van der Waals surface area contributed by atoms with Gasteiger partial charge in [0.2, 0.25) is 5.91 Å². The molecule has 0 aliphatic carbocycles. The van der Waals surface area contributed by atoms with Gasteiger partial charge in [-0.1, -0.05) is 39.0 Å². The number of hydrogen-bond acceptors (Lipinski definition) is 3. The first-order chi connectivity index (χ1) is 9.82. The number of amides is 1. The van der Waals surface area contributed by atoms with Gasteiger partial charge in [0.05, 0.1) is 17.9 Å². The van der Waals surface area contributed by atoms with Gasteiger partial charge in [-0.05, 0) is 18.6 Å². The van der Waals surface area contributed by atoms with Gasteiger partial charge < -0.3 is 11.1 Å². The zero-order valence-electron chi connectivity index (χ0n) is 13.4. The molecule has 0 saturated carbocycles. The zero-order chi connectivity index (χ0) is 15.6. The molecule has 2 rings (SSSR count). The van der Waals surface area contributed by atoms with Crippen LogP contribution in [0.25, 0.3) is 5.69 Å². The minimum absolute atomic E-state index is 0. The molecular formula is C16H23ClN4O. The summed E-state index contributed by atoms with van der Waals surface area (Å²) in [5.41, 5.74) is 8.24. The summed E-state index contributed by atoms with van der Waals surface area (Å²) in [6, 6.07) is 9.83. The predicted molar refractivity (Wildman–Crippen MR) is 91.9 cm³/mol. The smallest absolute Gasteiger partial charge is 0.239 e. The number of halogens is 1. The highest BCUT2D eigenvalue weighted by atomic mass is 35.5. The van der Waals surface area contributed by atoms with E-state index in [-0.39, 0.29) is 30.3 Å². The molecule has 1 aromatic heterocycles. The van der Waals surface area contributed by atoms with Crippen LogP contribution < -0.4 is 11.1 Å². The van der Waals surface area contributed by atoms with Gasteiger partial charge in [-0.25, -0.2) is 4.68 Å². The van der Waals surface area contributed by atoms with Gasteiger partial charge in [-0.15, -0.1) is 12.4 Å². The largest absolute Gasteiger partial charge is 0.322 e. The lowest BCUT2D eigenvalue weighted by Crippen LogP contribution is -2.23. The van der Waals surface area contributed by atoms with Crippen LogP contribution in [0, 0.1) is 6.92 Å². The van der Waals surface area contributed by atoms with Crippen molar-refractivity contribution in [3.8, 4) is 5.69 Å². The van der Waals surface area contributed by atoms with Crippen LogP contribution in [0.15, 0.2) is 30.3 Å². The summed E-state index contributed by atoms with van der Waals surface area (Å²) in [5.74, 6) is 0.412. The van der Waals surface area contributed by atoms with E-state index in [4.69, 9.17) is 5.73 Å². The number of hydrogen-bond donors (Lipinski definition) is 2. The second-order valence-corrected chi connectivity index (χ2v) is 6.12. The molecule has 2 aromatic rings. The van der Waals surface area contributed by atoms with Gasteiger partial charge >= 0.3 is 0 Å². The number of nitrogens with one attached hydrogen (secondary N) is 1. The Bertz CT molecular complexity index is 658. The van der Waals surface area contributed by atoms with E-state index in [9.17, 15) is 4.79 Å². The van der Waals surface area contributed by atoms with Gasteiger partial charge in [-0.2, -0.15) is 5.10 Å². The molecule has 0 unspecified atom stereocenters. The summed E-state index contributed by atoms with van der Waals surface area (Å²) in [6.45, 7) is 8.23. The molecule has 0 saturated heterocycles. The zero-order valence-corrected chi connectivity index (χ0v) is 14.2. The first-order valence-electron chi connectivity index (χ1n) is 6.99. The lowest BCUT2D eigenvalue weighted by molar-refractivity contribution is -0.114. The lowest BCUT2D eigenvalue weighted by atomic mass is 9.92. The van der Waals surface area contributed by atoms with E-state index in [1.165, 1.54) is 0 Å². The number of anilines is 1. The molecular weight excluding hydrogens is 300 g/mol. The molecule has 3 N–H and O–H groups in total. The number of aromatic nitrogens is 2. The van der Waals surface area contributed by atoms with E-state index in [0.29, 0.717) is 5.82 Å². The number of carbonyl (C=O) groups excluding carboxylic acids is 1. The van der Waals surface area contributed by atoms with E-state index in [2.05, 4.69) is 31.2 Å². The Hall–Kier alpha value is -1.85. The molecule has 6 heteroatoms. The van der Waals surface area contributed by atoms with Crippen LogP contribution in [0.4, 0.5) is 5.82 Å². The van der Waals surface area contributed by atoms with Gasteiger partial charge in [0.25, 0.3) is 0 Å². The van der Waals surface area contributed by atoms with Crippen LogP contribution in [0.3, 0.4) is 0 Å². The fourth-order valence-corrected chi connectivity index (χ4v) is 2.02. The highest BCUT2D eigenvalue weighted by Gasteiger charge is 2.21. The maximum absolute atomic E-state index is 11.6. The van der Waals surface area contributed by atoms with Crippen molar-refractivity contribution >= 4 is 24.1 Å². The first kappa shape index (κ1) is 18.2. The third-order valence-electron chi connectivity index (χ3n) is 3.27. The number of aryl methyl sites for hydroxylation is 1. The van der Waals surface area contributed by atoms with Crippen LogP contribution >= 0.6 is 12.4 Å². The maximum Gasteiger partial charge on any atom is 0.239 e. The molecule has 0 aliphatic rings. The van der Waals surface area contributed by atoms with Gasteiger partial charge in [0, 0.05) is 11.5 Å².